The maximum absolute atomic E-state index is 14.8. The summed E-state index contributed by atoms with van der Waals surface area (Å²) in [4.78, 5) is 30.5. The molecule has 2 amide bonds. The van der Waals surface area contributed by atoms with E-state index in [9.17, 15) is 44.0 Å². The fourth-order valence-electron chi connectivity index (χ4n) is 7.81. The average Bonchev–Trinajstić information content (AvgIpc) is 3.61. The van der Waals surface area contributed by atoms with Crippen molar-refractivity contribution in [1.82, 2.24) is 10.0 Å². The second-order valence-electron chi connectivity index (χ2n) is 19.3. The van der Waals surface area contributed by atoms with Gasteiger partial charge in [-0.05, 0) is 147 Å². The van der Waals surface area contributed by atoms with Gasteiger partial charge in [0.1, 0.15) is 11.5 Å². The summed E-state index contributed by atoms with van der Waals surface area (Å²) in [5, 5.41) is 3.36. The number of nitrogens with two attached hydrogens (primary N) is 4. The number of hydrogen-bond donors (Lipinski definition) is 6. The Bertz CT molecular complexity index is 3140. The maximum atomic E-state index is 14.8. The third-order valence-electron chi connectivity index (χ3n) is 12.2. The van der Waals surface area contributed by atoms with E-state index >= 15 is 0 Å². The molecule has 22 nitrogen and oxygen atoms in total. The second kappa shape index (κ2) is 37.3. The molecule has 28 heteroatoms. The van der Waals surface area contributed by atoms with Gasteiger partial charge in [0, 0.05) is 44.0 Å². The van der Waals surface area contributed by atoms with Crippen molar-refractivity contribution in [2.24, 2.45) is 32.9 Å². The van der Waals surface area contributed by atoms with Gasteiger partial charge in [-0.3, -0.25) is 9.59 Å². The highest BCUT2D eigenvalue weighted by Gasteiger charge is 2.20. The third-order valence-corrected chi connectivity index (χ3v) is 15.5. The number of unbranched alkanes of at least 4 members (excludes halogenated alkanes) is 1. The number of sulfone groups is 1. The van der Waals surface area contributed by atoms with E-state index in [0.29, 0.717) is 59.3 Å². The normalized spacial score (nSPS) is 12.0. The van der Waals surface area contributed by atoms with Gasteiger partial charge in [-0.25, -0.2) is 39.1 Å². The lowest BCUT2D eigenvalue weighted by atomic mass is 10.1. The van der Waals surface area contributed by atoms with Crippen molar-refractivity contribution in [3.63, 3.8) is 0 Å². The summed E-state index contributed by atoms with van der Waals surface area (Å²) in [6.45, 7) is 8.22. The van der Waals surface area contributed by atoms with E-state index in [-0.39, 0.29) is 95.3 Å². The van der Waals surface area contributed by atoms with Crippen LogP contribution in [0.25, 0.3) is 12.2 Å². The van der Waals surface area contributed by atoms with Crippen LogP contribution in [0.5, 0.6) is 23.0 Å². The molecule has 88 heavy (non-hydrogen) atoms. The predicted molar refractivity (Wildman–Crippen MR) is 323 cm³/mol. The van der Waals surface area contributed by atoms with E-state index in [2.05, 4.69) is 44.3 Å². The number of halogens is 4. The Morgan fingerprint density at radius 1 is 0.489 bits per heavy atom. The lowest BCUT2D eigenvalue weighted by Gasteiger charge is -2.11. The fraction of sp³-hybridized carbons (Fsp3) is 0.367. The zero-order chi connectivity index (χ0) is 63.9. The van der Waals surface area contributed by atoms with Crippen molar-refractivity contribution >= 4 is 55.7 Å². The molecule has 0 aromatic heterocycles. The first-order valence-electron chi connectivity index (χ1n) is 27.8. The van der Waals surface area contributed by atoms with E-state index in [1.54, 1.807) is 0 Å². The minimum absolute atomic E-state index is 0.00414. The molecule has 0 heterocycles. The summed E-state index contributed by atoms with van der Waals surface area (Å²) in [7, 11) is -7.61. The average molecular weight is 1270 g/mol. The van der Waals surface area contributed by atoms with Crippen LogP contribution < -0.4 is 42.4 Å². The summed E-state index contributed by atoms with van der Waals surface area (Å²) in [6, 6.07) is 22.4. The van der Waals surface area contributed by atoms with Crippen molar-refractivity contribution in [2.75, 3.05) is 98.1 Å². The van der Waals surface area contributed by atoms with Gasteiger partial charge in [-0.2, -0.15) is 9.98 Å². The minimum Gasteiger partial charge on any atom is -0.451 e. The van der Waals surface area contributed by atoms with Gasteiger partial charge in [-0.1, -0.05) is 24.3 Å². The highest BCUT2D eigenvalue weighted by molar-refractivity contribution is 7.91. The summed E-state index contributed by atoms with van der Waals surface area (Å²) >= 11 is 0. The van der Waals surface area contributed by atoms with Crippen LogP contribution in [0.3, 0.4) is 0 Å². The number of ether oxygens (including phenoxy) is 8. The fourth-order valence-corrected chi connectivity index (χ4v) is 10.1. The Balaban J connectivity index is 0.794. The zero-order valence-corrected chi connectivity index (χ0v) is 50.4. The van der Waals surface area contributed by atoms with Crippen LogP contribution in [0.1, 0.15) is 55.4 Å². The van der Waals surface area contributed by atoms with Crippen molar-refractivity contribution < 1.29 is 81.9 Å². The summed E-state index contributed by atoms with van der Waals surface area (Å²) in [5.41, 5.74) is 23.3. The SMILES string of the molecule is C/C(=C\c1cc(F)c(Oc2ccc(S(=O)(=O)CCCOCCOCCOCCCCc3ccc(CNCCOCCOCCOCCNS(=O)(=O)c4ccc(Oc5c(F)cc(/C=C(\C)C(=O)N=C(N)N)cc5F)cc4)cc3)cc2)c(F)c1)C(=O)N=C(N)N. The van der Waals surface area contributed by atoms with E-state index < -0.39 is 78.4 Å². The Morgan fingerprint density at radius 3 is 1.32 bits per heavy atom. The standard InChI is InChI=1S/C60H74F4N8O14S2/c1-41(57(73)71-59(65)66)34-45-36-51(61)55(52(62)37-45)85-47-11-15-49(16-12-47)87(75,76)33-5-22-80-26-30-83-29-25-79-21-4-3-6-43-7-9-44(10-8-43)40-69-19-23-81-27-31-84-32-28-82-24-20-70-88(77,78)50-17-13-48(14-18-50)86-56-53(63)38-46(39-54(56)64)35-42(2)58(74)72-60(67)68/h7-18,34-39,69-70H,3-6,19-33,40H2,1-2H3,(H4,65,66,71,73)(H4,67,68,72,74)/b41-34+,42-35+. The smallest absolute Gasteiger partial charge is 0.275 e. The number of nitrogens with zero attached hydrogens (tertiary/aromatic N) is 2. The van der Waals surface area contributed by atoms with Gasteiger partial charge >= 0.3 is 0 Å². The number of nitrogens with one attached hydrogen (secondary N) is 2. The van der Waals surface area contributed by atoms with Gasteiger partial charge in [0.25, 0.3) is 11.8 Å². The van der Waals surface area contributed by atoms with Crippen molar-refractivity contribution in [1.29, 1.82) is 0 Å². The largest absolute Gasteiger partial charge is 0.451 e. The lowest BCUT2D eigenvalue weighted by molar-refractivity contribution is -0.115. The van der Waals surface area contributed by atoms with Crippen molar-refractivity contribution in [3.8, 4) is 23.0 Å². The van der Waals surface area contributed by atoms with E-state index in [4.69, 9.17) is 60.8 Å². The van der Waals surface area contributed by atoms with E-state index in [0.717, 1.165) is 49.1 Å². The first kappa shape index (κ1) is 71.1. The van der Waals surface area contributed by atoms with Gasteiger partial charge in [-0.15, -0.1) is 0 Å². The van der Waals surface area contributed by atoms with Gasteiger partial charge in [0.2, 0.25) is 10.0 Å². The molecule has 478 valence electrons. The highest BCUT2D eigenvalue weighted by Crippen LogP contribution is 2.32. The molecule has 0 bridgehead atoms. The molecule has 0 aliphatic rings. The number of sulfonamides is 1. The van der Waals surface area contributed by atoms with E-state index in [1.165, 1.54) is 80.1 Å². The quantitative estimate of drug-likeness (QED) is 0.00792. The molecule has 0 saturated carbocycles. The number of guanidine groups is 2. The molecule has 0 unspecified atom stereocenters. The zero-order valence-electron chi connectivity index (χ0n) is 48.8. The summed E-state index contributed by atoms with van der Waals surface area (Å²) in [6.07, 6.45) is 5.44. The monoisotopic (exact) mass is 1270 g/mol. The molecule has 0 radical (unpaired) electrons. The van der Waals surface area contributed by atoms with Crippen LogP contribution in [0.4, 0.5) is 17.6 Å². The van der Waals surface area contributed by atoms with Gasteiger partial charge in [0.05, 0.1) is 81.6 Å². The molecule has 10 N–H and O–H groups in total. The van der Waals surface area contributed by atoms with Crippen molar-refractivity contribution in [3.05, 3.63) is 154 Å². The van der Waals surface area contributed by atoms with Gasteiger partial charge in [0.15, 0.2) is 56.5 Å². The number of benzene rings is 5. The molecule has 0 aliphatic carbocycles. The predicted octanol–water partition coefficient (Wildman–Crippen LogP) is 6.59. The number of aryl methyl sites for hydroxylation is 1. The Morgan fingerprint density at radius 2 is 0.875 bits per heavy atom. The number of carbonyl (C=O) groups is 2. The molecule has 0 saturated heterocycles. The molecule has 5 rings (SSSR count). The molecular formula is C60H74F4N8O14S2. The van der Waals surface area contributed by atoms with Crippen LogP contribution in [0.15, 0.2) is 128 Å². The topological polar surface area (TPSA) is 329 Å². The molecule has 5 aromatic carbocycles. The minimum atomic E-state index is -3.93. The third kappa shape index (κ3) is 26.0. The molecular weight excluding hydrogens is 1200 g/mol. The number of aliphatic imine (C=N–C) groups is 2. The van der Waals surface area contributed by atoms with Gasteiger partial charge < -0.3 is 66.1 Å². The maximum Gasteiger partial charge on any atom is 0.275 e. The van der Waals surface area contributed by atoms with Crippen LogP contribution in [-0.2, 0) is 70.8 Å². The first-order valence-corrected chi connectivity index (χ1v) is 30.9. The Hall–Kier alpha value is -7.64. The number of amides is 2. The van der Waals surface area contributed by atoms with Crippen LogP contribution in [0.2, 0.25) is 0 Å². The molecule has 0 aliphatic heterocycles. The number of carbonyl (C=O) groups excluding carboxylic acids is 2. The molecule has 0 fully saturated rings. The van der Waals surface area contributed by atoms with Crippen molar-refractivity contribution in [2.45, 2.75) is 55.9 Å². The molecule has 0 spiro atoms. The Kier molecular flexibility index (Phi) is 30.1. The molecule has 5 aromatic rings. The first-order chi connectivity index (χ1) is 42.1. The Labute approximate surface area is 509 Å². The van der Waals surface area contributed by atoms with Crippen LogP contribution in [0, 0.1) is 23.3 Å². The second-order valence-corrected chi connectivity index (χ2v) is 23.2. The summed E-state index contributed by atoms with van der Waals surface area (Å²) < 4.78 is 157. The molecule has 0 atom stereocenters. The highest BCUT2D eigenvalue weighted by atomic mass is 32.2. The van der Waals surface area contributed by atoms with Crippen LogP contribution >= 0.6 is 0 Å². The number of hydrogen-bond acceptors (Lipinski definition) is 15. The number of rotatable bonds is 40. The van der Waals surface area contributed by atoms with E-state index in [1.807, 2.05) is 0 Å². The van der Waals surface area contributed by atoms with Crippen LogP contribution in [-0.4, -0.2) is 139 Å². The summed E-state index contributed by atoms with van der Waals surface area (Å²) in [5.74, 6) is -8.32. The lowest BCUT2D eigenvalue weighted by Crippen LogP contribution is -2.27.